The van der Waals surface area contributed by atoms with E-state index in [9.17, 15) is 9.59 Å². The van der Waals surface area contributed by atoms with Crippen molar-refractivity contribution in [3.63, 3.8) is 0 Å². The Morgan fingerprint density at radius 3 is 2.73 bits per heavy atom. The van der Waals surface area contributed by atoms with Crippen LogP contribution >= 0.6 is 27.5 Å². The second-order valence-electron chi connectivity index (χ2n) is 7.07. The number of nitrogens with zero attached hydrogens (tertiary/aromatic N) is 3. The third-order valence-corrected chi connectivity index (χ3v) is 5.45. The molecule has 1 aromatic heterocycles. The number of ether oxygens (including phenoxy) is 1. The van der Waals surface area contributed by atoms with Crippen LogP contribution in [-0.4, -0.2) is 28.4 Å². The van der Waals surface area contributed by atoms with Gasteiger partial charge < -0.3 is 10.1 Å². The molecule has 4 aromatic rings. The van der Waals surface area contributed by atoms with E-state index < -0.39 is 0 Å². The number of aromatic nitrogens is 2. The summed E-state index contributed by atoms with van der Waals surface area (Å²) in [7, 11) is 0. The van der Waals surface area contributed by atoms with Crippen molar-refractivity contribution in [1.82, 2.24) is 9.66 Å². The smallest absolute Gasteiger partial charge is 0.282 e. The Hall–Kier alpha value is -3.49. The molecule has 166 valence electrons. The number of carbonyl (C=O) groups is 1. The predicted octanol–water partition coefficient (Wildman–Crippen LogP) is 5.02. The lowest BCUT2D eigenvalue weighted by atomic mass is 10.2. The van der Waals surface area contributed by atoms with Gasteiger partial charge in [0.25, 0.3) is 11.5 Å². The zero-order chi connectivity index (χ0) is 23.4. The Morgan fingerprint density at radius 1 is 1.18 bits per heavy atom. The van der Waals surface area contributed by atoms with Gasteiger partial charge in [0.2, 0.25) is 0 Å². The summed E-state index contributed by atoms with van der Waals surface area (Å²) in [6.45, 7) is 1.53. The highest BCUT2D eigenvalue weighted by molar-refractivity contribution is 9.10. The quantitative estimate of drug-likeness (QED) is 0.358. The van der Waals surface area contributed by atoms with Crippen molar-refractivity contribution >= 4 is 56.2 Å². The minimum Gasteiger partial charge on any atom is -0.482 e. The molecule has 0 saturated heterocycles. The number of benzene rings is 3. The maximum absolute atomic E-state index is 12.8. The van der Waals surface area contributed by atoms with E-state index in [0.29, 0.717) is 38.8 Å². The fourth-order valence-corrected chi connectivity index (χ4v) is 3.70. The van der Waals surface area contributed by atoms with Crippen molar-refractivity contribution in [2.75, 3.05) is 11.9 Å². The lowest BCUT2D eigenvalue weighted by molar-refractivity contribution is -0.118. The molecule has 0 aliphatic heterocycles. The highest BCUT2D eigenvalue weighted by atomic mass is 79.9. The summed E-state index contributed by atoms with van der Waals surface area (Å²) in [5.74, 6) is 0.525. The van der Waals surface area contributed by atoms with Crippen LogP contribution in [-0.2, 0) is 4.79 Å². The number of nitrogens with one attached hydrogen (secondary N) is 1. The minimum atomic E-state index is -0.298. The van der Waals surface area contributed by atoms with Gasteiger partial charge in [0, 0.05) is 10.2 Å². The molecule has 0 bridgehead atoms. The summed E-state index contributed by atoms with van der Waals surface area (Å²) in [6, 6.07) is 19.4. The topological polar surface area (TPSA) is 85.6 Å². The summed E-state index contributed by atoms with van der Waals surface area (Å²) < 4.78 is 7.55. The monoisotopic (exact) mass is 524 g/mol. The SMILES string of the molecule is Cc1nc2ccc(Br)cc2c(=O)n1N=Cc1ccc(OCC(=O)Nc2ccccc2)c(Cl)c1. The van der Waals surface area contributed by atoms with Gasteiger partial charge in [0.05, 0.1) is 22.1 Å². The number of hydrogen-bond acceptors (Lipinski definition) is 5. The summed E-state index contributed by atoms with van der Waals surface area (Å²) in [4.78, 5) is 29.3. The molecule has 0 atom stereocenters. The predicted molar refractivity (Wildman–Crippen MR) is 133 cm³/mol. The van der Waals surface area contributed by atoms with Crippen LogP contribution in [0.25, 0.3) is 10.9 Å². The van der Waals surface area contributed by atoms with Crippen molar-refractivity contribution in [3.05, 3.63) is 98.0 Å². The molecule has 0 aliphatic carbocycles. The number of fused-ring (bicyclic) bond motifs is 1. The van der Waals surface area contributed by atoms with Crippen LogP contribution in [0.3, 0.4) is 0 Å². The maximum Gasteiger partial charge on any atom is 0.282 e. The largest absolute Gasteiger partial charge is 0.482 e. The van der Waals surface area contributed by atoms with Crippen molar-refractivity contribution in [3.8, 4) is 5.75 Å². The standard InChI is InChI=1S/C24H18BrClN4O3/c1-15-28-21-9-8-17(25)12-19(21)24(32)30(15)27-13-16-7-10-22(20(26)11-16)33-14-23(31)29-18-5-3-2-4-6-18/h2-13H,14H2,1H3,(H,29,31). The van der Waals surface area contributed by atoms with Gasteiger partial charge in [0.1, 0.15) is 11.6 Å². The number of anilines is 1. The van der Waals surface area contributed by atoms with Crippen molar-refractivity contribution in [2.24, 2.45) is 5.10 Å². The summed E-state index contributed by atoms with van der Waals surface area (Å²) in [6.07, 6.45) is 1.51. The van der Waals surface area contributed by atoms with Crippen LogP contribution in [0.15, 0.2) is 81.1 Å². The van der Waals surface area contributed by atoms with Gasteiger partial charge in [0.15, 0.2) is 6.61 Å². The third kappa shape index (κ3) is 5.47. The Balaban J connectivity index is 1.47. The van der Waals surface area contributed by atoms with E-state index in [4.69, 9.17) is 16.3 Å². The van der Waals surface area contributed by atoms with E-state index in [1.54, 1.807) is 49.4 Å². The van der Waals surface area contributed by atoms with Crippen molar-refractivity contribution in [1.29, 1.82) is 0 Å². The molecule has 0 saturated carbocycles. The highest BCUT2D eigenvalue weighted by Gasteiger charge is 2.09. The minimum absolute atomic E-state index is 0.186. The van der Waals surface area contributed by atoms with Crippen LogP contribution in [0.5, 0.6) is 5.75 Å². The van der Waals surface area contributed by atoms with Crippen molar-refractivity contribution in [2.45, 2.75) is 6.92 Å². The molecule has 3 aromatic carbocycles. The zero-order valence-corrected chi connectivity index (χ0v) is 19.8. The zero-order valence-electron chi connectivity index (χ0n) is 17.5. The van der Waals surface area contributed by atoms with E-state index >= 15 is 0 Å². The lowest BCUT2D eigenvalue weighted by Crippen LogP contribution is -2.20. The number of rotatable bonds is 6. The van der Waals surface area contributed by atoms with Gasteiger partial charge in [-0.15, -0.1) is 0 Å². The van der Waals surface area contributed by atoms with E-state index in [1.165, 1.54) is 10.9 Å². The van der Waals surface area contributed by atoms with E-state index in [0.717, 1.165) is 4.47 Å². The molecule has 0 fully saturated rings. The van der Waals surface area contributed by atoms with Gasteiger partial charge in [-0.1, -0.05) is 45.7 Å². The number of carbonyl (C=O) groups excluding carboxylic acids is 1. The molecule has 0 unspecified atom stereocenters. The maximum atomic E-state index is 12.8. The molecule has 33 heavy (non-hydrogen) atoms. The highest BCUT2D eigenvalue weighted by Crippen LogP contribution is 2.25. The van der Waals surface area contributed by atoms with E-state index in [2.05, 4.69) is 31.3 Å². The molecule has 1 heterocycles. The number of hydrogen-bond donors (Lipinski definition) is 1. The normalized spacial score (nSPS) is 11.1. The molecule has 0 spiro atoms. The third-order valence-electron chi connectivity index (χ3n) is 4.66. The first-order chi connectivity index (χ1) is 15.9. The van der Waals surface area contributed by atoms with Crippen LogP contribution in [0.4, 0.5) is 5.69 Å². The van der Waals surface area contributed by atoms with E-state index in [1.807, 2.05) is 24.3 Å². The lowest BCUT2D eigenvalue weighted by Gasteiger charge is -2.09. The molecule has 9 heteroatoms. The van der Waals surface area contributed by atoms with Gasteiger partial charge in [-0.3, -0.25) is 9.59 Å². The summed E-state index contributed by atoms with van der Waals surface area (Å²) in [5.41, 5.74) is 1.67. The van der Waals surface area contributed by atoms with Gasteiger partial charge in [-0.25, -0.2) is 4.98 Å². The number of aryl methyl sites for hydroxylation is 1. The Bertz CT molecular complexity index is 1420. The number of halogens is 2. The molecule has 1 N–H and O–H groups in total. The fraction of sp³-hybridized carbons (Fsp3) is 0.0833. The van der Waals surface area contributed by atoms with Gasteiger partial charge in [-0.2, -0.15) is 9.78 Å². The average Bonchev–Trinajstić information content (AvgIpc) is 2.79. The summed E-state index contributed by atoms with van der Waals surface area (Å²) in [5, 5.41) is 7.80. The Kier molecular flexibility index (Phi) is 6.86. The second kappa shape index (κ2) is 9.97. The van der Waals surface area contributed by atoms with E-state index in [-0.39, 0.29) is 18.1 Å². The molecular weight excluding hydrogens is 508 g/mol. The average molecular weight is 526 g/mol. The van der Waals surface area contributed by atoms with Gasteiger partial charge in [-0.05, 0) is 61.0 Å². The number of para-hydroxylation sites is 1. The molecular formula is C24H18BrClN4O3. The fourth-order valence-electron chi connectivity index (χ4n) is 3.10. The van der Waals surface area contributed by atoms with Crippen LogP contribution in [0, 0.1) is 6.92 Å². The molecule has 4 rings (SSSR count). The molecule has 7 nitrogen and oxygen atoms in total. The second-order valence-corrected chi connectivity index (χ2v) is 8.40. The first kappa shape index (κ1) is 22.7. The van der Waals surface area contributed by atoms with Crippen LogP contribution in [0.1, 0.15) is 11.4 Å². The molecule has 0 aliphatic rings. The Labute approximate surface area is 202 Å². The van der Waals surface area contributed by atoms with Crippen LogP contribution in [0.2, 0.25) is 5.02 Å². The summed E-state index contributed by atoms with van der Waals surface area (Å²) >= 11 is 9.68. The molecule has 1 amide bonds. The Morgan fingerprint density at radius 2 is 1.97 bits per heavy atom. The van der Waals surface area contributed by atoms with Crippen molar-refractivity contribution < 1.29 is 9.53 Å². The van der Waals surface area contributed by atoms with Crippen LogP contribution < -0.4 is 15.6 Å². The number of amides is 1. The first-order valence-electron chi connectivity index (χ1n) is 9.91. The van der Waals surface area contributed by atoms with Gasteiger partial charge >= 0.3 is 0 Å². The first-order valence-corrected chi connectivity index (χ1v) is 11.1. The molecule has 0 radical (unpaired) electrons.